The van der Waals surface area contributed by atoms with E-state index in [1.54, 1.807) is 7.11 Å². The summed E-state index contributed by atoms with van der Waals surface area (Å²) in [5.41, 5.74) is 2.83. The van der Waals surface area contributed by atoms with Crippen LogP contribution in [0.4, 0.5) is 0 Å². The van der Waals surface area contributed by atoms with Crippen molar-refractivity contribution in [1.29, 1.82) is 0 Å². The minimum atomic E-state index is 0.0644. The van der Waals surface area contributed by atoms with Crippen molar-refractivity contribution in [3.05, 3.63) is 132 Å². The van der Waals surface area contributed by atoms with Crippen LogP contribution in [-0.2, 0) is 4.74 Å². The summed E-state index contributed by atoms with van der Waals surface area (Å²) in [7, 11) is 1.66. The van der Waals surface area contributed by atoms with E-state index in [1.165, 1.54) is 11.1 Å². The molecule has 0 aliphatic carbocycles. The van der Waals surface area contributed by atoms with Crippen LogP contribution >= 0.6 is 0 Å². The first-order valence-corrected chi connectivity index (χ1v) is 13.5. The van der Waals surface area contributed by atoms with Gasteiger partial charge in [-0.25, -0.2) is 0 Å². The summed E-state index contributed by atoms with van der Waals surface area (Å²) < 4.78 is 15.3. The molecule has 0 saturated heterocycles. The van der Waals surface area contributed by atoms with Gasteiger partial charge in [-0.3, -0.25) is 0 Å². The van der Waals surface area contributed by atoms with E-state index >= 15 is 0 Å². The lowest BCUT2D eigenvalue weighted by molar-refractivity contribution is 0.146. The van der Waals surface area contributed by atoms with Gasteiger partial charge in [0.2, 0.25) is 0 Å². The van der Waals surface area contributed by atoms with Crippen LogP contribution in [0.15, 0.2) is 121 Å². The molecule has 4 aromatic carbocycles. The topological polar surface area (TPSA) is 47.9 Å². The molecule has 0 amide bonds. The predicted octanol–water partition coefficient (Wildman–Crippen LogP) is 8.39. The molecule has 4 aromatic rings. The molecule has 210 valence electrons. The maximum Gasteiger partial charge on any atom is 0.119 e. The van der Waals surface area contributed by atoms with Crippen LogP contribution in [0.25, 0.3) is 0 Å². The van der Waals surface area contributed by atoms with Gasteiger partial charge < -0.3 is 19.3 Å². The van der Waals surface area contributed by atoms with Gasteiger partial charge in [-0.05, 0) is 47.2 Å². The monoisotopic (exact) mass is 530 g/mol. The minimum absolute atomic E-state index is 0.0644. The molecule has 0 aliphatic rings. The second kappa shape index (κ2) is 22.4. The smallest absolute Gasteiger partial charge is 0.119 e. The normalized spacial score (nSPS) is 9.74. The van der Waals surface area contributed by atoms with E-state index in [0.717, 1.165) is 11.5 Å². The van der Waals surface area contributed by atoms with E-state index in [2.05, 4.69) is 76.2 Å². The summed E-state index contributed by atoms with van der Waals surface area (Å²) in [6.07, 6.45) is 0. The van der Waals surface area contributed by atoms with Gasteiger partial charge >= 0.3 is 0 Å². The maximum atomic E-state index is 8.40. The second-order valence-electron chi connectivity index (χ2n) is 9.17. The number of para-hydroxylation sites is 2. The number of aliphatic hydroxyl groups excluding tert-OH is 1. The molecule has 39 heavy (non-hydrogen) atoms. The molecule has 0 aliphatic heterocycles. The molecular weight excluding hydrogens is 484 g/mol. The van der Waals surface area contributed by atoms with Crippen molar-refractivity contribution >= 4 is 0 Å². The van der Waals surface area contributed by atoms with Crippen molar-refractivity contribution in [1.82, 2.24) is 0 Å². The highest BCUT2D eigenvalue weighted by molar-refractivity contribution is 5.21. The Kier molecular flexibility index (Phi) is 19.2. The fourth-order valence-electron chi connectivity index (χ4n) is 3.12. The van der Waals surface area contributed by atoms with E-state index in [0.29, 0.717) is 31.7 Å². The van der Waals surface area contributed by atoms with Gasteiger partial charge in [-0.1, -0.05) is 125 Å². The fourth-order valence-corrected chi connectivity index (χ4v) is 3.12. The molecule has 0 saturated carbocycles. The average molecular weight is 531 g/mol. The van der Waals surface area contributed by atoms with Gasteiger partial charge in [0.15, 0.2) is 0 Å². The lowest BCUT2D eigenvalue weighted by Crippen LogP contribution is -2.03. The number of methoxy groups -OCH3 is 1. The van der Waals surface area contributed by atoms with Crippen LogP contribution in [-0.4, -0.2) is 38.6 Å². The Bertz CT molecular complexity index is 994. The van der Waals surface area contributed by atoms with Crippen molar-refractivity contribution in [3.8, 4) is 11.5 Å². The molecule has 1 N–H and O–H groups in total. The Morgan fingerprint density at radius 1 is 0.487 bits per heavy atom. The third-order valence-electron chi connectivity index (χ3n) is 5.34. The SMILES string of the molecule is CC(C)c1ccccc1.CC(C)c1ccccc1.COCCOc1ccccc1.OCCOc1ccccc1. The van der Waals surface area contributed by atoms with Crippen LogP contribution in [0.3, 0.4) is 0 Å². The minimum Gasteiger partial charge on any atom is -0.491 e. The van der Waals surface area contributed by atoms with E-state index in [4.69, 9.17) is 19.3 Å². The molecule has 0 unspecified atom stereocenters. The van der Waals surface area contributed by atoms with E-state index in [1.807, 2.05) is 72.8 Å². The number of aliphatic hydroxyl groups is 1. The first-order valence-electron chi connectivity index (χ1n) is 13.5. The Morgan fingerprint density at radius 3 is 1.10 bits per heavy atom. The Morgan fingerprint density at radius 2 is 0.821 bits per heavy atom. The van der Waals surface area contributed by atoms with Crippen LogP contribution in [0.5, 0.6) is 11.5 Å². The first-order chi connectivity index (χ1) is 19.0. The zero-order valence-corrected chi connectivity index (χ0v) is 24.2. The number of rotatable bonds is 9. The van der Waals surface area contributed by atoms with Gasteiger partial charge in [0, 0.05) is 7.11 Å². The molecular formula is C35H46O4. The van der Waals surface area contributed by atoms with Gasteiger partial charge in [-0.15, -0.1) is 0 Å². The second-order valence-corrected chi connectivity index (χ2v) is 9.17. The lowest BCUT2D eigenvalue weighted by Gasteiger charge is -2.03. The summed E-state index contributed by atoms with van der Waals surface area (Å²) in [6.45, 7) is 10.5. The summed E-state index contributed by atoms with van der Waals surface area (Å²) in [4.78, 5) is 0. The van der Waals surface area contributed by atoms with Gasteiger partial charge in [0.05, 0.1) is 13.2 Å². The fraction of sp³-hybridized carbons (Fsp3) is 0.314. The number of hydrogen-bond acceptors (Lipinski definition) is 4. The molecule has 0 fully saturated rings. The first kappa shape index (κ1) is 33.4. The average Bonchev–Trinajstić information content (AvgIpc) is 2.99. The van der Waals surface area contributed by atoms with Crippen molar-refractivity contribution in [2.24, 2.45) is 0 Å². The summed E-state index contributed by atoms with van der Waals surface area (Å²) in [6, 6.07) is 40.2. The quantitative estimate of drug-likeness (QED) is 0.221. The Balaban J connectivity index is 0.000000261. The molecule has 0 spiro atoms. The van der Waals surface area contributed by atoms with Crippen molar-refractivity contribution in [2.45, 2.75) is 39.5 Å². The largest absolute Gasteiger partial charge is 0.491 e. The molecule has 0 radical (unpaired) electrons. The van der Waals surface area contributed by atoms with Crippen LogP contribution in [0.2, 0.25) is 0 Å². The van der Waals surface area contributed by atoms with Gasteiger partial charge in [0.1, 0.15) is 24.7 Å². The van der Waals surface area contributed by atoms with Crippen molar-refractivity contribution in [2.75, 3.05) is 33.5 Å². The van der Waals surface area contributed by atoms with E-state index in [-0.39, 0.29) is 6.61 Å². The standard InChI is InChI=1S/C9H12O2.2C9H12.C8H10O2/c1-10-7-8-11-9-5-3-2-4-6-9;2*1-8(2)9-6-4-3-5-7-9;9-6-7-10-8-4-2-1-3-5-8/h2-6H,7-8H2,1H3;2*3-8H,1-2H3;1-5,9H,6-7H2. The van der Waals surface area contributed by atoms with Crippen LogP contribution in [0.1, 0.15) is 50.7 Å². The van der Waals surface area contributed by atoms with E-state index < -0.39 is 0 Å². The molecule has 0 atom stereocenters. The molecule has 0 bridgehead atoms. The number of ether oxygens (including phenoxy) is 3. The Hall–Kier alpha value is -3.60. The predicted molar refractivity (Wildman–Crippen MR) is 164 cm³/mol. The van der Waals surface area contributed by atoms with Crippen molar-refractivity contribution < 1.29 is 19.3 Å². The molecule has 4 nitrogen and oxygen atoms in total. The van der Waals surface area contributed by atoms with Gasteiger partial charge in [0.25, 0.3) is 0 Å². The highest BCUT2D eigenvalue weighted by Gasteiger charge is 1.94. The van der Waals surface area contributed by atoms with Crippen molar-refractivity contribution in [3.63, 3.8) is 0 Å². The highest BCUT2D eigenvalue weighted by atomic mass is 16.5. The lowest BCUT2D eigenvalue weighted by atomic mass is 10.0. The van der Waals surface area contributed by atoms with E-state index in [9.17, 15) is 0 Å². The summed E-state index contributed by atoms with van der Waals surface area (Å²) >= 11 is 0. The molecule has 4 heteroatoms. The van der Waals surface area contributed by atoms with Crippen LogP contribution in [0, 0.1) is 0 Å². The number of benzene rings is 4. The Labute approximate surface area is 236 Å². The number of hydrogen-bond donors (Lipinski definition) is 1. The van der Waals surface area contributed by atoms with Crippen LogP contribution < -0.4 is 9.47 Å². The van der Waals surface area contributed by atoms with Gasteiger partial charge in [-0.2, -0.15) is 0 Å². The third-order valence-corrected chi connectivity index (χ3v) is 5.34. The maximum absolute atomic E-state index is 8.40. The highest BCUT2D eigenvalue weighted by Crippen LogP contribution is 2.12. The molecule has 0 aromatic heterocycles. The summed E-state index contributed by atoms with van der Waals surface area (Å²) in [5.74, 6) is 3.01. The zero-order chi connectivity index (χ0) is 28.6. The summed E-state index contributed by atoms with van der Waals surface area (Å²) in [5, 5.41) is 8.40. The molecule has 0 heterocycles. The molecule has 4 rings (SSSR count). The zero-order valence-electron chi connectivity index (χ0n) is 24.2. The third kappa shape index (κ3) is 17.5.